The number of carbonyl (C=O) groups excluding carboxylic acids is 2. The summed E-state index contributed by atoms with van der Waals surface area (Å²) in [7, 11) is 0. The Morgan fingerprint density at radius 2 is 1.84 bits per heavy atom. The molecule has 0 bridgehead atoms. The van der Waals surface area contributed by atoms with Crippen LogP contribution in [-0.2, 0) is 18.9 Å². The van der Waals surface area contributed by atoms with Crippen LogP contribution in [0.4, 0.5) is 9.59 Å². The van der Waals surface area contributed by atoms with E-state index in [1.54, 1.807) is 25.3 Å². The van der Waals surface area contributed by atoms with Gasteiger partial charge in [0.2, 0.25) is 0 Å². The van der Waals surface area contributed by atoms with Crippen molar-refractivity contribution in [1.29, 1.82) is 0 Å². The largest absolute Gasteiger partial charge is 0.508 e. The molecule has 2 unspecified atom stereocenters. The lowest BCUT2D eigenvalue weighted by molar-refractivity contribution is -0.183. The van der Waals surface area contributed by atoms with Crippen molar-refractivity contribution in [3.63, 3.8) is 0 Å². The normalized spacial score (nSPS) is 26.2. The molecule has 1 N–H and O–H groups in total. The van der Waals surface area contributed by atoms with Gasteiger partial charge in [0, 0.05) is 36.4 Å². The van der Waals surface area contributed by atoms with Crippen LogP contribution in [0.2, 0.25) is 0 Å². The molecule has 0 spiro atoms. The van der Waals surface area contributed by atoms with Gasteiger partial charge in [0.15, 0.2) is 0 Å². The van der Waals surface area contributed by atoms with Gasteiger partial charge >= 0.3 is 17.9 Å². The van der Waals surface area contributed by atoms with E-state index in [1.807, 2.05) is 13.8 Å². The van der Waals surface area contributed by atoms with Gasteiger partial charge < -0.3 is 33.2 Å². The number of hydrogen-bond donors (Lipinski definition) is 1. The Labute approximate surface area is 213 Å². The summed E-state index contributed by atoms with van der Waals surface area (Å²) in [5.74, 6) is -0.464. The minimum absolute atomic E-state index is 0.0587. The Balaban J connectivity index is 1.68. The summed E-state index contributed by atoms with van der Waals surface area (Å²) in [5, 5.41) is 11.4. The number of rotatable bonds is 7. The van der Waals surface area contributed by atoms with Crippen LogP contribution >= 0.6 is 0 Å². The summed E-state index contributed by atoms with van der Waals surface area (Å²) < 4.78 is 33.0. The fraction of sp³-hybridized carbons (Fsp3) is 0.538. The van der Waals surface area contributed by atoms with Gasteiger partial charge in [-0.05, 0) is 38.3 Å². The maximum absolute atomic E-state index is 13.0. The van der Waals surface area contributed by atoms with Crippen LogP contribution in [0.15, 0.2) is 39.8 Å². The average molecular weight is 518 g/mol. The highest BCUT2D eigenvalue weighted by Crippen LogP contribution is 2.51. The van der Waals surface area contributed by atoms with E-state index >= 15 is 0 Å². The highest BCUT2D eigenvalue weighted by atomic mass is 16.7. The number of aliphatic hydroxyl groups is 1. The van der Waals surface area contributed by atoms with Gasteiger partial charge in [-0.1, -0.05) is 13.8 Å². The first-order chi connectivity index (χ1) is 17.8. The second-order valence-electron chi connectivity index (χ2n) is 9.27. The van der Waals surface area contributed by atoms with Crippen molar-refractivity contribution in [2.45, 2.75) is 70.4 Å². The smallest absolute Gasteiger partial charge is 0.482 e. The third kappa shape index (κ3) is 5.56. The predicted octanol–water partition coefficient (Wildman–Crippen LogP) is 4.16. The van der Waals surface area contributed by atoms with Crippen molar-refractivity contribution in [2.75, 3.05) is 13.2 Å². The first-order valence-corrected chi connectivity index (χ1v) is 12.4. The lowest BCUT2D eigenvalue weighted by Gasteiger charge is -2.51. The lowest BCUT2D eigenvalue weighted by atomic mass is 9.68. The molecule has 37 heavy (non-hydrogen) atoms. The molecule has 2 aromatic rings. The molecule has 4 rings (SSSR count). The van der Waals surface area contributed by atoms with E-state index in [4.69, 9.17) is 28.1 Å². The maximum Gasteiger partial charge on any atom is 0.508 e. The Morgan fingerprint density at radius 3 is 2.49 bits per heavy atom. The van der Waals surface area contributed by atoms with Crippen LogP contribution < -0.4 is 10.4 Å². The summed E-state index contributed by atoms with van der Waals surface area (Å²) in [5.41, 5.74) is -1.55. The molecule has 0 amide bonds. The van der Waals surface area contributed by atoms with Crippen LogP contribution in [0.3, 0.4) is 0 Å². The van der Waals surface area contributed by atoms with Gasteiger partial charge in [0.1, 0.15) is 34.9 Å². The quantitative estimate of drug-likeness (QED) is 0.529. The zero-order valence-corrected chi connectivity index (χ0v) is 21.0. The summed E-state index contributed by atoms with van der Waals surface area (Å²) in [6.45, 7) is 5.74. The Hall–Kier alpha value is -3.60. The van der Waals surface area contributed by atoms with Crippen LogP contribution in [0.1, 0.15) is 58.1 Å². The van der Waals surface area contributed by atoms with Crippen LogP contribution in [0.25, 0.3) is 11.3 Å². The number of aliphatic hydroxyl groups excluding tert-OH is 1. The van der Waals surface area contributed by atoms with E-state index in [2.05, 4.69) is 4.98 Å². The molecule has 3 heterocycles. The van der Waals surface area contributed by atoms with Crippen LogP contribution in [-0.4, -0.2) is 53.4 Å². The lowest BCUT2D eigenvalue weighted by Crippen LogP contribution is -2.62. The number of aromatic nitrogens is 1. The zero-order valence-electron chi connectivity index (χ0n) is 21.0. The third-order valence-corrected chi connectivity index (χ3v) is 6.62. The van der Waals surface area contributed by atoms with Crippen LogP contribution in [0, 0.1) is 5.92 Å². The van der Waals surface area contributed by atoms with Crippen molar-refractivity contribution < 1.29 is 42.8 Å². The molecule has 0 saturated heterocycles. The summed E-state index contributed by atoms with van der Waals surface area (Å²) >= 11 is 0. The van der Waals surface area contributed by atoms with Crippen molar-refractivity contribution in [3.8, 4) is 17.1 Å². The van der Waals surface area contributed by atoms with E-state index in [0.717, 1.165) is 0 Å². The summed E-state index contributed by atoms with van der Waals surface area (Å²) in [6, 6.07) is 4.92. The van der Waals surface area contributed by atoms with E-state index in [9.17, 15) is 19.5 Å². The number of carbonyl (C=O) groups is 2. The number of fused-ring (bicyclic) bond motifs is 2. The van der Waals surface area contributed by atoms with Crippen molar-refractivity contribution in [3.05, 3.63) is 46.6 Å². The van der Waals surface area contributed by atoms with Gasteiger partial charge in [0.05, 0.1) is 19.3 Å². The predicted molar refractivity (Wildman–Crippen MR) is 128 cm³/mol. The molecule has 200 valence electrons. The van der Waals surface area contributed by atoms with Gasteiger partial charge in [-0.25, -0.2) is 14.4 Å². The number of nitrogens with zero attached hydrogens (tertiary/aromatic N) is 1. The molecule has 1 fully saturated rings. The molecule has 5 atom stereocenters. The first-order valence-electron chi connectivity index (χ1n) is 12.4. The van der Waals surface area contributed by atoms with Gasteiger partial charge in [-0.15, -0.1) is 0 Å². The molecular formula is C26H31NO10. The molecule has 11 heteroatoms. The molecule has 0 aromatic carbocycles. The van der Waals surface area contributed by atoms with E-state index in [0.29, 0.717) is 18.4 Å². The molecule has 2 aliphatic rings. The summed E-state index contributed by atoms with van der Waals surface area (Å²) in [4.78, 5) is 41.6. The van der Waals surface area contributed by atoms with Crippen molar-refractivity contribution >= 4 is 12.3 Å². The van der Waals surface area contributed by atoms with Gasteiger partial charge in [-0.3, -0.25) is 4.98 Å². The standard InChI is InChI=1S/C26H31NO10/c1-4-9-32-24(30)34-16-11-17-22(28)21-19(13-18(35-23(21)29)15-7-6-8-27-14-15)37-26(17,3)20(12-16)36-25(31)33-10-5-2/h6-8,13-14,16-17,20,22,28H,4-5,9-12H2,1-3H3/t16-,17?,20-,22?,26-/m1/s1. The maximum atomic E-state index is 13.0. The second-order valence-corrected chi connectivity index (χ2v) is 9.27. The molecule has 1 saturated carbocycles. The number of pyridine rings is 1. The second kappa shape index (κ2) is 11.2. The fourth-order valence-electron chi connectivity index (χ4n) is 4.78. The number of hydrogen-bond acceptors (Lipinski definition) is 11. The Morgan fingerprint density at radius 1 is 1.14 bits per heavy atom. The van der Waals surface area contributed by atoms with Crippen LogP contribution in [0.5, 0.6) is 5.75 Å². The fourth-order valence-corrected chi connectivity index (χ4v) is 4.78. The molecular weight excluding hydrogens is 486 g/mol. The molecule has 1 aliphatic heterocycles. The molecule has 2 aromatic heterocycles. The molecule has 1 aliphatic carbocycles. The van der Waals surface area contributed by atoms with Crippen molar-refractivity contribution in [1.82, 2.24) is 4.98 Å². The van der Waals surface area contributed by atoms with Gasteiger partial charge in [0.25, 0.3) is 0 Å². The van der Waals surface area contributed by atoms with Crippen molar-refractivity contribution in [2.24, 2.45) is 5.92 Å². The summed E-state index contributed by atoms with van der Waals surface area (Å²) in [6.07, 6.45) is -0.314. The third-order valence-electron chi connectivity index (χ3n) is 6.62. The van der Waals surface area contributed by atoms with Gasteiger partial charge in [-0.2, -0.15) is 0 Å². The highest BCUT2D eigenvalue weighted by molar-refractivity contribution is 5.61. The van der Waals surface area contributed by atoms with E-state index < -0.39 is 47.8 Å². The zero-order chi connectivity index (χ0) is 26.6. The molecule has 0 radical (unpaired) electrons. The monoisotopic (exact) mass is 517 g/mol. The highest BCUT2D eigenvalue weighted by Gasteiger charge is 2.58. The molecule has 11 nitrogen and oxygen atoms in total. The minimum atomic E-state index is -1.34. The Kier molecular flexibility index (Phi) is 8.01. The SMILES string of the molecule is CCCOC(=O)O[C@@H]1CC2C(O)c3c(cc(-c4cccnc4)oc3=O)O[C@@]2(C)[C@H](OC(=O)OCCC)C1. The van der Waals surface area contributed by atoms with E-state index in [-0.39, 0.29) is 43.1 Å². The topological polar surface area (TPSA) is 144 Å². The van der Waals surface area contributed by atoms with E-state index in [1.165, 1.54) is 12.3 Å². The number of ether oxygens (including phenoxy) is 5. The minimum Gasteiger partial charge on any atom is -0.482 e. The average Bonchev–Trinajstić information content (AvgIpc) is 2.87. The Bertz CT molecular complexity index is 1170. The first kappa shape index (κ1) is 26.5.